The highest BCUT2D eigenvalue weighted by Crippen LogP contribution is 2.26. The predicted molar refractivity (Wildman–Crippen MR) is 132 cm³/mol. The number of ether oxygens (including phenoxy) is 1. The van der Waals surface area contributed by atoms with E-state index in [9.17, 15) is 9.18 Å². The first-order valence-electron chi connectivity index (χ1n) is 11.0. The molecule has 0 unspecified atom stereocenters. The van der Waals surface area contributed by atoms with Crippen molar-refractivity contribution in [2.45, 2.75) is 13.1 Å². The molecule has 3 heterocycles. The zero-order valence-electron chi connectivity index (χ0n) is 19.3. The van der Waals surface area contributed by atoms with Crippen LogP contribution in [0.15, 0.2) is 77.9 Å². The number of nitrogens with one attached hydrogen (secondary N) is 1. The lowest BCUT2D eigenvalue weighted by Gasteiger charge is -2.18. The average molecular weight is 471 g/mol. The number of aromatic amines is 1. The summed E-state index contributed by atoms with van der Waals surface area (Å²) in [6.07, 6.45) is 3.39. The van der Waals surface area contributed by atoms with Crippen molar-refractivity contribution in [1.82, 2.24) is 24.7 Å². The second kappa shape index (κ2) is 9.38. The van der Waals surface area contributed by atoms with Crippen molar-refractivity contribution in [1.29, 1.82) is 0 Å². The molecule has 0 spiro atoms. The van der Waals surface area contributed by atoms with Gasteiger partial charge in [-0.1, -0.05) is 24.3 Å². The van der Waals surface area contributed by atoms with Crippen molar-refractivity contribution in [2.24, 2.45) is 0 Å². The van der Waals surface area contributed by atoms with E-state index in [4.69, 9.17) is 4.74 Å². The van der Waals surface area contributed by atoms with Gasteiger partial charge in [0.05, 0.1) is 25.0 Å². The van der Waals surface area contributed by atoms with Crippen molar-refractivity contribution >= 4 is 16.9 Å². The minimum absolute atomic E-state index is 0.201. The fourth-order valence-electron chi connectivity index (χ4n) is 3.92. The molecule has 2 aromatic carbocycles. The number of anilines is 1. The van der Waals surface area contributed by atoms with Gasteiger partial charge in [0, 0.05) is 43.0 Å². The molecule has 0 atom stereocenters. The number of methoxy groups -OCH3 is 1. The van der Waals surface area contributed by atoms with Gasteiger partial charge in [-0.05, 0) is 35.9 Å². The molecule has 0 aliphatic rings. The van der Waals surface area contributed by atoms with Gasteiger partial charge >= 0.3 is 0 Å². The smallest absolute Gasteiger partial charge is 0.251 e. The summed E-state index contributed by atoms with van der Waals surface area (Å²) in [6, 6.07) is 17.7. The van der Waals surface area contributed by atoms with Gasteiger partial charge in [-0.15, -0.1) is 0 Å². The van der Waals surface area contributed by atoms with Crippen LogP contribution in [0.25, 0.3) is 22.2 Å². The third-order valence-corrected chi connectivity index (χ3v) is 5.77. The van der Waals surface area contributed by atoms with Crippen LogP contribution in [0.2, 0.25) is 0 Å². The monoisotopic (exact) mass is 470 g/mol. The van der Waals surface area contributed by atoms with Gasteiger partial charge in [-0.25, -0.2) is 14.4 Å². The molecule has 3 aromatic heterocycles. The Labute approximate surface area is 200 Å². The average Bonchev–Trinajstić information content (AvgIpc) is 3.31. The van der Waals surface area contributed by atoms with Gasteiger partial charge in [0.2, 0.25) is 5.95 Å². The Hall–Kier alpha value is -4.53. The first kappa shape index (κ1) is 22.3. The molecule has 0 saturated heterocycles. The van der Waals surface area contributed by atoms with Crippen molar-refractivity contribution in [3.63, 3.8) is 0 Å². The fraction of sp³-hybridized carbons (Fsp3) is 0.154. The SMILES string of the molecule is COc1ccc(CN(C)c2nccc(Cn3ccc(-c4[nH]nc5c(F)cccc45)cc3=O)n2)cc1. The highest BCUT2D eigenvalue weighted by Gasteiger charge is 2.13. The van der Waals surface area contributed by atoms with E-state index in [0.29, 0.717) is 41.4 Å². The van der Waals surface area contributed by atoms with Crippen LogP contribution in [0.4, 0.5) is 10.3 Å². The molecule has 0 aliphatic heterocycles. The summed E-state index contributed by atoms with van der Waals surface area (Å²) in [5.41, 5.74) is 3.10. The Kier molecular flexibility index (Phi) is 5.97. The number of hydrogen-bond donors (Lipinski definition) is 1. The van der Waals surface area contributed by atoms with Crippen LogP contribution in [0.1, 0.15) is 11.3 Å². The number of fused-ring (bicyclic) bond motifs is 1. The normalized spacial score (nSPS) is 11.1. The highest BCUT2D eigenvalue weighted by atomic mass is 19.1. The molecule has 0 bridgehead atoms. The summed E-state index contributed by atoms with van der Waals surface area (Å²) < 4.78 is 20.7. The van der Waals surface area contributed by atoms with Gasteiger partial charge in [0.1, 0.15) is 11.3 Å². The maximum Gasteiger partial charge on any atom is 0.251 e. The van der Waals surface area contributed by atoms with Crippen LogP contribution in [0, 0.1) is 5.82 Å². The Morgan fingerprint density at radius 1 is 1.11 bits per heavy atom. The predicted octanol–water partition coefficient (Wildman–Crippen LogP) is 4.01. The van der Waals surface area contributed by atoms with Gasteiger partial charge in [0.15, 0.2) is 5.82 Å². The molecule has 5 aromatic rings. The number of para-hydroxylation sites is 1. The number of pyridine rings is 1. The summed E-state index contributed by atoms with van der Waals surface area (Å²) >= 11 is 0. The number of aromatic nitrogens is 5. The fourth-order valence-corrected chi connectivity index (χ4v) is 3.92. The van der Waals surface area contributed by atoms with Crippen molar-refractivity contribution < 1.29 is 9.13 Å². The van der Waals surface area contributed by atoms with E-state index in [1.807, 2.05) is 36.2 Å². The largest absolute Gasteiger partial charge is 0.497 e. The van der Waals surface area contributed by atoms with Gasteiger partial charge < -0.3 is 14.2 Å². The topological polar surface area (TPSA) is 88.9 Å². The van der Waals surface area contributed by atoms with E-state index in [-0.39, 0.29) is 11.1 Å². The van der Waals surface area contributed by atoms with Crippen LogP contribution in [0.3, 0.4) is 0 Å². The molecule has 1 N–H and O–H groups in total. The van der Waals surface area contributed by atoms with E-state index in [1.54, 1.807) is 48.3 Å². The zero-order valence-corrected chi connectivity index (χ0v) is 19.3. The van der Waals surface area contributed by atoms with Crippen LogP contribution < -0.4 is 15.2 Å². The summed E-state index contributed by atoms with van der Waals surface area (Å²) in [5.74, 6) is 0.961. The van der Waals surface area contributed by atoms with Crippen LogP contribution in [-0.2, 0) is 13.1 Å². The number of rotatable bonds is 7. The Balaban J connectivity index is 1.34. The number of hydrogen-bond acceptors (Lipinski definition) is 6. The van der Waals surface area contributed by atoms with Crippen molar-refractivity contribution in [3.05, 3.63) is 100 Å². The molecule has 35 heavy (non-hydrogen) atoms. The summed E-state index contributed by atoms with van der Waals surface area (Å²) in [4.78, 5) is 23.8. The molecule has 0 aliphatic carbocycles. The Bertz CT molecular complexity index is 1540. The molecule has 176 valence electrons. The summed E-state index contributed by atoms with van der Waals surface area (Å²) in [5, 5.41) is 7.51. The van der Waals surface area contributed by atoms with Crippen molar-refractivity contribution in [3.8, 4) is 17.0 Å². The highest BCUT2D eigenvalue weighted by molar-refractivity contribution is 5.92. The minimum atomic E-state index is -0.408. The van der Waals surface area contributed by atoms with E-state index in [1.165, 1.54) is 12.1 Å². The Morgan fingerprint density at radius 3 is 2.71 bits per heavy atom. The lowest BCUT2D eigenvalue weighted by atomic mass is 10.1. The maximum absolute atomic E-state index is 14.0. The minimum Gasteiger partial charge on any atom is -0.497 e. The van der Waals surface area contributed by atoms with Gasteiger partial charge in [0.25, 0.3) is 5.56 Å². The molecule has 0 fully saturated rings. The maximum atomic E-state index is 14.0. The Morgan fingerprint density at radius 2 is 1.94 bits per heavy atom. The first-order chi connectivity index (χ1) is 17.0. The second-order valence-electron chi connectivity index (χ2n) is 8.17. The number of benzene rings is 2. The molecule has 5 rings (SSSR count). The van der Waals surface area contributed by atoms with Crippen molar-refractivity contribution in [2.75, 3.05) is 19.1 Å². The van der Waals surface area contributed by atoms with Gasteiger partial charge in [-0.3, -0.25) is 9.89 Å². The van der Waals surface area contributed by atoms with E-state index >= 15 is 0 Å². The number of halogens is 1. The standard InChI is InChI=1S/C26H23FN6O2/c1-32(15-17-6-8-20(35-2)9-7-17)26-28-12-10-19(29-26)16-33-13-11-18(14-23(33)34)24-21-4-3-5-22(27)25(21)31-30-24/h3-14H,15-16H2,1-2H3,(H,30,31). The molecular weight excluding hydrogens is 447 g/mol. The molecule has 0 amide bonds. The lowest BCUT2D eigenvalue weighted by molar-refractivity contribution is 0.414. The number of nitrogens with zero attached hydrogens (tertiary/aromatic N) is 5. The van der Waals surface area contributed by atoms with Gasteiger partial charge in [-0.2, -0.15) is 5.10 Å². The van der Waals surface area contributed by atoms with Crippen LogP contribution >= 0.6 is 0 Å². The third kappa shape index (κ3) is 4.61. The molecule has 8 nitrogen and oxygen atoms in total. The first-order valence-corrected chi connectivity index (χ1v) is 11.0. The lowest BCUT2D eigenvalue weighted by Crippen LogP contribution is -2.22. The summed E-state index contributed by atoms with van der Waals surface area (Å²) in [7, 11) is 3.56. The zero-order chi connectivity index (χ0) is 24.4. The molecule has 0 radical (unpaired) electrons. The van der Waals surface area contributed by atoms with E-state index in [0.717, 1.165) is 11.3 Å². The quantitative estimate of drug-likeness (QED) is 0.387. The number of H-pyrrole nitrogens is 1. The van der Waals surface area contributed by atoms with Crippen LogP contribution in [-0.4, -0.2) is 38.9 Å². The summed E-state index contributed by atoms with van der Waals surface area (Å²) in [6.45, 7) is 0.921. The molecule has 9 heteroatoms. The third-order valence-electron chi connectivity index (χ3n) is 5.77. The van der Waals surface area contributed by atoms with E-state index < -0.39 is 5.82 Å². The molecular formula is C26H23FN6O2. The van der Waals surface area contributed by atoms with E-state index in [2.05, 4.69) is 20.2 Å². The second-order valence-corrected chi connectivity index (χ2v) is 8.17. The van der Waals surface area contributed by atoms with Crippen LogP contribution in [0.5, 0.6) is 5.75 Å². The molecule has 0 saturated carbocycles.